The molecule has 4 heteroatoms. The third-order valence-corrected chi connectivity index (χ3v) is 4.63. The molecule has 1 aromatic rings. The number of ketones is 1. The molecule has 18 heavy (non-hydrogen) atoms. The van der Waals surface area contributed by atoms with Crippen molar-refractivity contribution >= 4 is 17.1 Å². The Morgan fingerprint density at radius 1 is 1.50 bits per heavy atom. The van der Waals surface area contributed by atoms with E-state index in [-0.39, 0.29) is 0 Å². The van der Waals surface area contributed by atoms with Crippen molar-refractivity contribution in [1.29, 1.82) is 0 Å². The lowest BCUT2D eigenvalue weighted by molar-refractivity contribution is 0.0931. The molecule has 2 rings (SSSR count). The van der Waals surface area contributed by atoms with Crippen LogP contribution in [-0.2, 0) is 0 Å². The normalized spacial score (nSPS) is 22.2. The zero-order chi connectivity index (χ0) is 13.0. The summed E-state index contributed by atoms with van der Waals surface area (Å²) in [5.41, 5.74) is 0. The summed E-state index contributed by atoms with van der Waals surface area (Å²) in [6.07, 6.45) is 1.66. The van der Waals surface area contributed by atoms with Gasteiger partial charge in [0.15, 0.2) is 5.78 Å². The van der Waals surface area contributed by atoms with E-state index in [2.05, 4.69) is 23.8 Å². The molecule has 0 amide bonds. The van der Waals surface area contributed by atoms with Gasteiger partial charge in [0.25, 0.3) is 0 Å². The molecule has 1 unspecified atom stereocenters. The monoisotopic (exact) mass is 266 g/mol. The van der Waals surface area contributed by atoms with Gasteiger partial charge in [0, 0.05) is 32.1 Å². The summed E-state index contributed by atoms with van der Waals surface area (Å²) in [6, 6.07) is 4.50. The van der Waals surface area contributed by atoms with Crippen molar-refractivity contribution in [2.75, 3.05) is 33.2 Å². The van der Waals surface area contributed by atoms with E-state index in [4.69, 9.17) is 0 Å². The smallest absolute Gasteiger partial charge is 0.172 e. The fourth-order valence-electron chi connectivity index (χ4n) is 2.35. The van der Waals surface area contributed by atoms with E-state index in [1.54, 1.807) is 11.3 Å². The second-order valence-corrected chi connectivity index (χ2v) is 6.08. The van der Waals surface area contributed by atoms with Crippen LogP contribution < -0.4 is 0 Å². The molecule has 0 N–H and O–H groups in total. The van der Waals surface area contributed by atoms with Crippen molar-refractivity contribution < 1.29 is 4.79 Å². The van der Waals surface area contributed by atoms with Crippen LogP contribution in [-0.4, -0.2) is 54.9 Å². The maximum absolute atomic E-state index is 11.8. The number of likely N-dealkylation sites (N-methyl/N-ethyl adjacent to an activating group) is 1. The van der Waals surface area contributed by atoms with Crippen LogP contribution in [0, 0.1) is 0 Å². The van der Waals surface area contributed by atoms with Crippen molar-refractivity contribution in [3.63, 3.8) is 0 Å². The molecule has 1 saturated heterocycles. The molecule has 0 saturated carbocycles. The first-order valence-corrected chi connectivity index (χ1v) is 7.54. The Labute approximate surface area is 113 Å². The van der Waals surface area contributed by atoms with E-state index in [1.807, 2.05) is 17.5 Å². The molecule has 100 valence electrons. The van der Waals surface area contributed by atoms with Crippen LogP contribution in [0.5, 0.6) is 0 Å². The van der Waals surface area contributed by atoms with Gasteiger partial charge in [-0.15, -0.1) is 11.3 Å². The molecule has 0 spiro atoms. The maximum atomic E-state index is 11.8. The van der Waals surface area contributed by atoms with Crippen LogP contribution in [0.25, 0.3) is 0 Å². The number of nitrogens with zero attached hydrogens (tertiary/aromatic N) is 2. The van der Waals surface area contributed by atoms with E-state index in [0.29, 0.717) is 18.2 Å². The lowest BCUT2D eigenvalue weighted by Crippen LogP contribution is -2.50. The van der Waals surface area contributed by atoms with Crippen LogP contribution in [0.1, 0.15) is 29.4 Å². The number of hydrogen-bond acceptors (Lipinski definition) is 4. The minimum absolute atomic E-state index is 0.298. The van der Waals surface area contributed by atoms with Gasteiger partial charge in [0.2, 0.25) is 0 Å². The maximum Gasteiger partial charge on any atom is 0.172 e. The highest BCUT2D eigenvalue weighted by Gasteiger charge is 2.20. The average Bonchev–Trinajstić information content (AvgIpc) is 2.87. The molecule has 0 aromatic carbocycles. The van der Waals surface area contributed by atoms with E-state index in [1.165, 1.54) is 0 Å². The zero-order valence-electron chi connectivity index (χ0n) is 11.3. The van der Waals surface area contributed by atoms with Crippen LogP contribution in [0.15, 0.2) is 17.5 Å². The summed E-state index contributed by atoms with van der Waals surface area (Å²) in [7, 11) is 2.18. The molecule has 1 atom stereocenters. The highest BCUT2D eigenvalue weighted by molar-refractivity contribution is 7.12. The molecule has 0 bridgehead atoms. The number of hydrogen-bond donors (Lipinski definition) is 0. The summed E-state index contributed by atoms with van der Waals surface area (Å²) in [4.78, 5) is 17.6. The second-order valence-electron chi connectivity index (χ2n) is 5.13. The summed E-state index contributed by atoms with van der Waals surface area (Å²) in [5.74, 6) is 0.298. The third-order valence-electron chi connectivity index (χ3n) is 3.72. The minimum atomic E-state index is 0.298. The predicted molar refractivity (Wildman–Crippen MR) is 76.4 cm³/mol. The molecule has 1 aliphatic heterocycles. The van der Waals surface area contributed by atoms with E-state index in [9.17, 15) is 4.79 Å². The SMILES string of the molecule is CC1CN(CCCC(=O)c2cccs2)CCN1C. The molecular formula is C14H22N2OS. The van der Waals surface area contributed by atoms with Crippen molar-refractivity contribution in [3.05, 3.63) is 22.4 Å². The fourth-order valence-corrected chi connectivity index (χ4v) is 3.05. The van der Waals surface area contributed by atoms with Gasteiger partial charge in [0.1, 0.15) is 0 Å². The Balaban J connectivity index is 1.68. The Morgan fingerprint density at radius 3 is 3.00 bits per heavy atom. The Hall–Kier alpha value is -0.710. The predicted octanol–water partition coefficient (Wildman–Crippen LogP) is 2.35. The first-order chi connectivity index (χ1) is 8.66. The van der Waals surface area contributed by atoms with Gasteiger partial charge in [-0.1, -0.05) is 6.07 Å². The number of carbonyl (C=O) groups excluding carboxylic acids is 1. The first kappa shape index (κ1) is 13.7. The van der Waals surface area contributed by atoms with Crippen molar-refractivity contribution in [2.24, 2.45) is 0 Å². The molecule has 3 nitrogen and oxygen atoms in total. The summed E-state index contributed by atoms with van der Waals surface area (Å²) in [5, 5.41) is 1.97. The minimum Gasteiger partial charge on any atom is -0.301 e. The van der Waals surface area contributed by atoms with Crippen molar-refractivity contribution in [1.82, 2.24) is 9.80 Å². The first-order valence-electron chi connectivity index (χ1n) is 6.66. The van der Waals surface area contributed by atoms with Gasteiger partial charge in [-0.25, -0.2) is 0 Å². The molecular weight excluding hydrogens is 244 g/mol. The number of thiophene rings is 1. The number of piperazine rings is 1. The fraction of sp³-hybridized carbons (Fsp3) is 0.643. The van der Waals surface area contributed by atoms with E-state index >= 15 is 0 Å². The number of rotatable bonds is 5. The van der Waals surface area contributed by atoms with Crippen molar-refractivity contribution in [3.8, 4) is 0 Å². The largest absolute Gasteiger partial charge is 0.301 e. The average molecular weight is 266 g/mol. The highest BCUT2D eigenvalue weighted by Crippen LogP contribution is 2.13. The van der Waals surface area contributed by atoms with Crippen LogP contribution in [0.3, 0.4) is 0 Å². The van der Waals surface area contributed by atoms with E-state index < -0.39 is 0 Å². The zero-order valence-corrected chi connectivity index (χ0v) is 12.1. The standard InChI is InChI=1S/C14H22N2OS/c1-12-11-16(9-8-15(12)2)7-3-5-13(17)14-6-4-10-18-14/h4,6,10,12H,3,5,7-9,11H2,1-2H3. The molecule has 2 heterocycles. The Kier molecular flexibility index (Phi) is 4.92. The Bertz CT molecular complexity index is 377. The number of Topliss-reactive ketones (excluding diaryl/α,β-unsaturated/α-hetero) is 1. The topological polar surface area (TPSA) is 23.6 Å². The molecule has 1 aromatic heterocycles. The van der Waals surface area contributed by atoms with Crippen molar-refractivity contribution in [2.45, 2.75) is 25.8 Å². The number of carbonyl (C=O) groups is 1. The molecule has 0 aliphatic carbocycles. The molecule has 1 fully saturated rings. The van der Waals surface area contributed by atoms with E-state index in [0.717, 1.165) is 37.5 Å². The lowest BCUT2D eigenvalue weighted by atomic mass is 10.1. The van der Waals surface area contributed by atoms with Gasteiger partial charge < -0.3 is 9.80 Å². The van der Waals surface area contributed by atoms with Crippen LogP contribution in [0.4, 0.5) is 0 Å². The second kappa shape index (κ2) is 6.45. The molecule has 0 radical (unpaired) electrons. The quantitative estimate of drug-likeness (QED) is 0.764. The van der Waals surface area contributed by atoms with Gasteiger partial charge in [0.05, 0.1) is 4.88 Å². The third kappa shape index (κ3) is 3.64. The van der Waals surface area contributed by atoms with Gasteiger partial charge >= 0.3 is 0 Å². The summed E-state index contributed by atoms with van der Waals surface area (Å²) < 4.78 is 0. The van der Waals surface area contributed by atoms with Crippen LogP contribution in [0.2, 0.25) is 0 Å². The lowest BCUT2D eigenvalue weighted by Gasteiger charge is -2.37. The van der Waals surface area contributed by atoms with Gasteiger partial charge in [-0.3, -0.25) is 4.79 Å². The molecule has 1 aliphatic rings. The Morgan fingerprint density at radius 2 is 2.33 bits per heavy atom. The van der Waals surface area contributed by atoms with Gasteiger partial charge in [-0.2, -0.15) is 0 Å². The summed E-state index contributed by atoms with van der Waals surface area (Å²) in [6.45, 7) is 6.72. The van der Waals surface area contributed by atoms with Gasteiger partial charge in [-0.05, 0) is 38.4 Å². The highest BCUT2D eigenvalue weighted by atomic mass is 32.1. The summed E-state index contributed by atoms with van der Waals surface area (Å²) >= 11 is 1.55. The van der Waals surface area contributed by atoms with Crippen LogP contribution >= 0.6 is 11.3 Å².